The summed E-state index contributed by atoms with van der Waals surface area (Å²) in [5, 5.41) is 54.9. The first kappa shape index (κ1) is 25.2. The highest BCUT2D eigenvalue weighted by Crippen LogP contribution is 2.37. The number of ether oxygens (including phenoxy) is 3. The van der Waals surface area contributed by atoms with Crippen molar-refractivity contribution in [1.29, 1.82) is 0 Å². The van der Waals surface area contributed by atoms with Crippen LogP contribution in [0.2, 0.25) is 0 Å². The number of aliphatic hydroxyl groups excluding tert-OH is 5. The minimum absolute atomic E-state index is 0.431. The molecule has 0 radical (unpaired) electrons. The van der Waals surface area contributed by atoms with Crippen molar-refractivity contribution < 1.29 is 49.3 Å². The van der Waals surface area contributed by atoms with Crippen LogP contribution in [0.25, 0.3) is 0 Å². The molecule has 0 bridgehead atoms. The van der Waals surface area contributed by atoms with E-state index in [-0.39, 0.29) is 0 Å². The van der Waals surface area contributed by atoms with E-state index in [1.165, 1.54) is 21.0 Å². The van der Waals surface area contributed by atoms with E-state index in [2.05, 4.69) is 10.6 Å². The molecule has 7 N–H and O–H groups in total. The lowest BCUT2D eigenvalue weighted by Crippen LogP contribution is -2.66. The summed E-state index contributed by atoms with van der Waals surface area (Å²) in [6.45, 7) is 1.41. The van der Waals surface area contributed by atoms with Crippen molar-refractivity contribution in [2.75, 3.05) is 20.3 Å². The molecule has 12 nitrogen and oxygen atoms in total. The van der Waals surface area contributed by atoms with Crippen LogP contribution in [0.3, 0.4) is 0 Å². The lowest BCUT2D eigenvalue weighted by molar-refractivity contribution is -0.224. The Morgan fingerprint density at radius 3 is 1.97 bits per heavy atom. The summed E-state index contributed by atoms with van der Waals surface area (Å²) < 4.78 is 16.5. The van der Waals surface area contributed by atoms with Gasteiger partial charge in [-0.1, -0.05) is 0 Å². The fraction of sp³-hybridized carbons (Fsp3) is 0.882. The molecule has 0 saturated carbocycles. The lowest BCUT2D eigenvalue weighted by Gasteiger charge is -2.47. The van der Waals surface area contributed by atoms with E-state index in [4.69, 9.17) is 14.2 Å². The van der Waals surface area contributed by atoms with Gasteiger partial charge in [0, 0.05) is 21.0 Å². The number of thioether (sulfide) groups is 1. The van der Waals surface area contributed by atoms with Gasteiger partial charge in [-0.15, -0.1) is 11.8 Å². The van der Waals surface area contributed by atoms with Gasteiger partial charge in [0.2, 0.25) is 11.8 Å². The highest BCUT2D eigenvalue weighted by molar-refractivity contribution is 8.00. The number of methoxy groups -OCH3 is 1. The quantitative estimate of drug-likeness (QED) is 0.200. The lowest BCUT2D eigenvalue weighted by atomic mass is 9.98. The van der Waals surface area contributed by atoms with Gasteiger partial charge in [0.1, 0.15) is 29.8 Å². The third kappa shape index (κ3) is 5.60. The van der Waals surface area contributed by atoms with E-state index in [9.17, 15) is 35.1 Å². The molecule has 2 heterocycles. The number of carbonyl (C=O) groups is 2. The van der Waals surface area contributed by atoms with Crippen molar-refractivity contribution in [3.05, 3.63) is 0 Å². The SMILES string of the molecule is CO[C@@H]1O[C@H](CO)[C@@H](S[C@@H]2O[C@H](CO)[C@@H](O)[C@H](O)[C@H]2NC(C)=O)[C@H](O)[C@H]1NC(C)=O. The van der Waals surface area contributed by atoms with Crippen LogP contribution in [0.4, 0.5) is 0 Å². The van der Waals surface area contributed by atoms with Crippen LogP contribution in [-0.4, -0.2) is 117 Å². The fourth-order valence-corrected chi connectivity index (χ4v) is 5.14. The molecular weight excluding hydrogens is 424 g/mol. The number of nitrogens with one attached hydrogen (secondary N) is 2. The summed E-state index contributed by atoms with van der Waals surface area (Å²) >= 11 is 0.940. The summed E-state index contributed by atoms with van der Waals surface area (Å²) in [5.74, 6) is -0.919. The van der Waals surface area contributed by atoms with Crippen LogP contribution in [0.15, 0.2) is 0 Å². The van der Waals surface area contributed by atoms with E-state index in [1.54, 1.807) is 0 Å². The van der Waals surface area contributed by atoms with Gasteiger partial charge in [0.25, 0.3) is 0 Å². The van der Waals surface area contributed by atoms with Crippen LogP contribution < -0.4 is 10.6 Å². The Hall–Kier alpha value is -1.03. The van der Waals surface area contributed by atoms with E-state index in [0.717, 1.165) is 11.8 Å². The fourth-order valence-electron chi connectivity index (χ4n) is 3.57. The number of rotatable bonds is 7. The average Bonchev–Trinajstić information content (AvgIpc) is 2.69. The molecular formula is C17H30N2O10S. The second-order valence-electron chi connectivity index (χ2n) is 7.21. The van der Waals surface area contributed by atoms with Crippen LogP contribution in [-0.2, 0) is 23.8 Å². The minimum Gasteiger partial charge on any atom is -0.394 e. The van der Waals surface area contributed by atoms with Gasteiger partial charge in [0.05, 0.1) is 36.7 Å². The highest BCUT2D eigenvalue weighted by atomic mass is 32.2. The molecule has 10 atom stereocenters. The summed E-state index contributed by atoms with van der Waals surface area (Å²) in [6, 6.07) is -2.03. The van der Waals surface area contributed by atoms with Crippen molar-refractivity contribution in [2.45, 2.75) is 73.4 Å². The molecule has 13 heteroatoms. The number of hydrogen-bond acceptors (Lipinski definition) is 11. The van der Waals surface area contributed by atoms with Crippen LogP contribution in [0.5, 0.6) is 0 Å². The van der Waals surface area contributed by atoms with Gasteiger partial charge in [-0.3, -0.25) is 9.59 Å². The van der Waals surface area contributed by atoms with Gasteiger partial charge < -0.3 is 50.4 Å². The number of aliphatic hydroxyl groups is 5. The third-order valence-electron chi connectivity index (χ3n) is 5.00. The Kier molecular flexibility index (Phi) is 9.27. The maximum atomic E-state index is 11.6. The first-order valence-corrected chi connectivity index (χ1v) is 10.4. The Morgan fingerprint density at radius 1 is 0.900 bits per heavy atom. The third-order valence-corrected chi connectivity index (χ3v) is 6.57. The molecule has 0 aromatic rings. The molecule has 0 unspecified atom stereocenters. The Balaban J connectivity index is 2.29. The summed E-state index contributed by atoms with van der Waals surface area (Å²) in [5.41, 5.74) is -1.01. The Morgan fingerprint density at radius 2 is 1.47 bits per heavy atom. The molecule has 2 fully saturated rings. The Bertz CT molecular complexity index is 599. The molecule has 0 spiro atoms. The molecule has 2 saturated heterocycles. The van der Waals surface area contributed by atoms with E-state index >= 15 is 0 Å². The second-order valence-corrected chi connectivity index (χ2v) is 8.49. The minimum atomic E-state index is -1.45. The first-order valence-electron chi connectivity index (χ1n) is 9.43. The summed E-state index contributed by atoms with van der Waals surface area (Å²) in [7, 11) is 1.33. The summed E-state index contributed by atoms with van der Waals surface area (Å²) in [6.07, 6.45) is -7.24. The zero-order valence-corrected chi connectivity index (χ0v) is 17.7. The van der Waals surface area contributed by atoms with Crippen molar-refractivity contribution >= 4 is 23.6 Å². The number of carbonyl (C=O) groups excluding carboxylic acids is 2. The van der Waals surface area contributed by atoms with Gasteiger partial charge in [-0.05, 0) is 0 Å². The second kappa shape index (κ2) is 11.0. The van der Waals surface area contributed by atoms with Crippen LogP contribution >= 0.6 is 11.8 Å². The normalized spacial score (nSPS) is 41.9. The summed E-state index contributed by atoms with van der Waals surface area (Å²) in [4.78, 5) is 23.1. The van der Waals surface area contributed by atoms with Gasteiger partial charge in [-0.2, -0.15) is 0 Å². The predicted molar refractivity (Wildman–Crippen MR) is 103 cm³/mol. The number of amides is 2. The van der Waals surface area contributed by atoms with Crippen molar-refractivity contribution in [2.24, 2.45) is 0 Å². The van der Waals surface area contributed by atoms with Gasteiger partial charge in [0.15, 0.2) is 6.29 Å². The molecule has 0 aliphatic carbocycles. The molecule has 2 amide bonds. The molecule has 30 heavy (non-hydrogen) atoms. The van der Waals surface area contributed by atoms with Gasteiger partial charge in [-0.25, -0.2) is 0 Å². The van der Waals surface area contributed by atoms with Crippen LogP contribution in [0.1, 0.15) is 13.8 Å². The van der Waals surface area contributed by atoms with Crippen molar-refractivity contribution in [3.63, 3.8) is 0 Å². The standard InChI is InChI=1S/C17H30N2O10S/c1-6(22)18-10-14(26)15(9(5-21)28-16(10)27-3)30-17-11(19-7(2)23)13(25)12(24)8(4-20)29-17/h8-17,20-21,24-26H,4-5H2,1-3H3,(H,18,22)(H,19,23)/t8-,9-,10-,11-,12-,13-,14-,15-,16-,17+/m1/s1. The van der Waals surface area contributed by atoms with Crippen molar-refractivity contribution in [1.82, 2.24) is 10.6 Å². The number of hydrogen-bond donors (Lipinski definition) is 7. The molecule has 174 valence electrons. The Labute approximate surface area is 177 Å². The zero-order valence-electron chi connectivity index (χ0n) is 16.9. The maximum Gasteiger partial charge on any atom is 0.217 e. The van der Waals surface area contributed by atoms with E-state index in [1.807, 2.05) is 0 Å². The topological polar surface area (TPSA) is 187 Å². The van der Waals surface area contributed by atoms with Gasteiger partial charge >= 0.3 is 0 Å². The molecule has 0 aromatic carbocycles. The zero-order chi connectivity index (χ0) is 22.6. The van der Waals surface area contributed by atoms with E-state index < -0.39 is 84.6 Å². The maximum absolute atomic E-state index is 11.6. The first-order chi connectivity index (χ1) is 14.1. The smallest absolute Gasteiger partial charge is 0.217 e. The molecule has 2 aliphatic rings. The predicted octanol–water partition coefficient (Wildman–Crippen LogP) is -3.74. The van der Waals surface area contributed by atoms with E-state index in [0.29, 0.717) is 0 Å². The average molecular weight is 454 g/mol. The molecule has 2 aliphatic heterocycles. The molecule has 2 rings (SSSR count). The molecule has 0 aromatic heterocycles. The highest BCUT2D eigenvalue weighted by Gasteiger charge is 2.51. The van der Waals surface area contributed by atoms with Crippen molar-refractivity contribution in [3.8, 4) is 0 Å². The van der Waals surface area contributed by atoms with Crippen LogP contribution in [0, 0.1) is 0 Å². The monoisotopic (exact) mass is 454 g/mol. The largest absolute Gasteiger partial charge is 0.394 e.